The topological polar surface area (TPSA) is 22.0 Å². The molecule has 1 heterocycles. The first-order valence-electron chi connectivity index (χ1n) is 5.93. The molecule has 90 valence electrons. The lowest BCUT2D eigenvalue weighted by Gasteiger charge is -2.05. The number of para-hydroxylation sites is 1. The Balaban J connectivity index is 2.20. The van der Waals surface area contributed by atoms with Crippen LogP contribution in [0.3, 0.4) is 0 Å². The molecule has 1 aromatic carbocycles. The summed E-state index contributed by atoms with van der Waals surface area (Å²) in [6, 6.07) is 8.38. The van der Waals surface area contributed by atoms with Gasteiger partial charge < -0.3 is 9.88 Å². The average Bonchev–Trinajstić information content (AvgIpc) is 2.70. The standard InChI is InChI=1S/C14H19N3/c1-16(2)8-9-17(3)11-12-10-15-14-7-5-4-6-13(12)14/h4-7,10-11H,8-9H2,1-3H3/p+1. The van der Waals surface area contributed by atoms with Crippen LogP contribution in [0, 0.1) is 0 Å². The minimum absolute atomic E-state index is 1.03. The zero-order chi connectivity index (χ0) is 12.3. The molecule has 3 nitrogen and oxygen atoms in total. The molecule has 0 bridgehead atoms. The Morgan fingerprint density at radius 2 is 2.06 bits per heavy atom. The maximum atomic E-state index is 3.29. The van der Waals surface area contributed by atoms with Crippen molar-refractivity contribution in [3.05, 3.63) is 36.0 Å². The van der Waals surface area contributed by atoms with Gasteiger partial charge in [-0.25, -0.2) is 4.58 Å². The molecule has 1 N–H and O–H groups in total. The number of H-pyrrole nitrogens is 1. The molecular weight excluding hydrogens is 210 g/mol. The van der Waals surface area contributed by atoms with Crippen molar-refractivity contribution in [1.29, 1.82) is 0 Å². The van der Waals surface area contributed by atoms with Crippen molar-refractivity contribution >= 4 is 17.1 Å². The summed E-state index contributed by atoms with van der Waals surface area (Å²) in [5.41, 5.74) is 2.45. The number of nitrogens with one attached hydrogen (secondary N) is 1. The minimum Gasteiger partial charge on any atom is -0.360 e. The van der Waals surface area contributed by atoms with Crippen molar-refractivity contribution in [2.45, 2.75) is 0 Å². The quantitative estimate of drug-likeness (QED) is 0.628. The predicted octanol–water partition coefficient (Wildman–Crippen LogP) is 1.79. The molecule has 0 saturated heterocycles. The van der Waals surface area contributed by atoms with Gasteiger partial charge in [0.25, 0.3) is 0 Å². The molecule has 2 aromatic rings. The molecule has 3 heteroatoms. The fraction of sp³-hybridized carbons (Fsp3) is 0.357. The van der Waals surface area contributed by atoms with E-state index < -0.39 is 0 Å². The minimum atomic E-state index is 1.03. The normalized spacial score (nSPS) is 12.6. The summed E-state index contributed by atoms with van der Waals surface area (Å²) in [4.78, 5) is 5.48. The van der Waals surface area contributed by atoms with Crippen LogP contribution in [-0.2, 0) is 0 Å². The molecule has 0 aliphatic heterocycles. The number of benzene rings is 1. The molecule has 0 saturated carbocycles. The third-order valence-corrected chi connectivity index (χ3v) is 2.88. The average molecular weight is 230 g/mol. The number of aromatic nitrogens is 1. The number of likely N-dealkylation sites (N-methyl/N-ethyl adjacent to an activating group) is 2. The molecule has 0 radical (unpaired) electrons. The number of rotatable bonds is 4. The molecule has 0 fully saturated rings. The van der Waals surface area contributed by atoms with Gasteiger partial charge in [-0.3, -0.25) is 0 Å². The lowest BCUT2D eigenvalue weighted by atomic mass is 10.2. The van der Waals surface area contributed by atoms with Gasteiger partial charge in [0.15, 0.2) is 12.8 Å². The van der Waals surface area contributed by atoms with Crippen LogP contribution >= 0.6 is 0 Å². The molecule has 17 heavy (non-hydrogen) atoms. The van der Waals surface area contributed by atoms with Crippen LogP contribution in [-0.4, -0.2) is 54.9 Å². The van der Waals surface area contributed by atoms with Gasteiger partial charge in [-0.05, 0) is 20.2 Å². The van der Waals surface area contributed by atoms with Crippen LogP contribution in [0.2, 0.25) is 0 Å². The number of fused-ring (bicyclic) bond motifs is 1. The molecule has 0 aliphatic rings. The third kappa shape index (κ3) is 2.94. The predicted molar refractivity (Wildman–Crippen MR) is 73.1 cm³/mol. The number of hydrogen-bond acceptors (Lipinski definition) is 1. The first kappa shape index (κ1) is 11.9. The van der Waals surface area contributed by atoms with Crippen molar-refractivity contribution in [1.82, 2.24) is 9.88 Å². The fourth-order valence-corrected chi connectivity index (χ4v) is 1.86. The number of hydrogen-bond donors (Lipinski definition) is 1. The highest BCUT2D eigenvalue weighted by molar-refractivity contribution is 5.97. The molecule has 0 spiro atoms. The van der Waals surface area contributed by atoms with Crippen molar-refractivity contribution in [2.24, 2.45) is 0 Å². The van der Waals surface area contributed by atoms with Gasteiger partial charge in [0.1, 0.15) is 7.05 Å². The van der Waals surface area contributed by atoms with E-state index in [9.17, 15) is 0 Å². The Hall–Kier alpha value is -1.61. The van der Waals surface area contributed by atoms with Gasteiger partial charge in [0, 0.05) is 17.1 Å². The summed E-state index contributed by atoms with van der Waals surface area (Å²) in [6.45, 7) is 2.10. The van der Waals surface area contributed by atoms with Crippen LogP contribution in [0.4, 0.5) is 0 Å². The maximum absolute atomic E-state index is 3.29. The maximum Gasteiger partial charge on any atom is 0.172 e. The molecular formula is C14H20N3+. The zero-order valence-corrected chi connectivity index (χ0v) is 10.8. The Morgan fingerprint density at radius 3 is 2.82 bits per heavy atom. The SMILES string of the molecule is CN(C)CC[N+](C)=Cc1c[nH]c2ccccc12. The summed E-state index contributed by atoms with van der Waals surface area (Å²) in [7, 11) is 6.31. The smallest absolute Gasteiger partial charge is 0.172 e. The van der Waals surface area contributed by atoms with Gasteiger partial charge in [-0.1, -0.05) is 18.2 Å². The van der Waals surface area contributed by atoms with Crippen LogP contribution in [0.1, 0.15) is 5.56 Å². The van der Waals surface area contributed by atoms with Gasteiger partial charge in [-0.2, -0.15) is 0 Å². The Kier molecular flexibility index (Phi) is 3.59. The van der Waals surface area contributed by atoms with Gasteiger partial charge in [-0.15, -0.1) is 0 Å². The van der Waals surface area contributed by atoms with E-state index in [0.29, 0.717) is 0 Å². The van der Waals surface area contributed by atoms with E-state index in [2.05, 4.69) is 72.3 Å². The van der Waals surface area contributed by atoms with Crippen LogP contribution < -0.4 is 0 Å². The summed E-state index contributed by atoms with van der Waals surface area (Å²) >= 11 is 0. The van der Waals surface area contributed by atoms with Crippen LogP contribution in [0.15, 0.2) is 30.5 Å². The Bertz CT molecular complexity index is 523. The lowest BCUT2D eigenvalue weighted by Crippen LogP contribution is -2.23. The van der Waals surface area contributed by atoms with E-state index >= 15 is 0 Å². The van der Waals surface area contributed by atoms with Crippen LogP contribution in [0.5, 0.6) is 0 Å². The fourth-order valence-electron chi connectivity index (χ4n) is 1.86. The van der Waals surface area contributed by atoms with Gasteiger partial charge in [0.2, 0.25) is 0 Å². The molecule has 0 aliphatic carbocycles. The second kappa shape index (κ2) is 5.15. The summed E-state index contributed by atoms with van der Waals surface area (Å²) < 4.78 is 2.23. The lowest BCUT2D eigenvalue weighted by molar-refractivity contribution is -0.492. The second-order valence-electron chi connectivity index (χ2n) is 4.70. The molecule has 0 unspecified atom stereocenters. The monoisotopic (exact) mass is 230 g/mol. The largest absolute Gasteiger partial charge is 0.360 e. The highest BCUT2D eigenvalue weighted by atomic mass is 15.1. The van der Waals surface area contributed by atoms with Gasteiger partial charge in [0.05, 0.1) is 12.1 Å². The highest BCUT2D eigenvalue weighted by Gasteiger charge is 2.04. The van der Waals surface area contributed by atoms with Crippen molar-refractivity contribution < 1.29 is 4.58 Å². The van der Waals surface area contributed by atoms with E-state index in [1.54, 1.807) is 0 Å². The second-order valence-corrected chi connectivity index (χ2v) is 4.70. The van der Waals surface area contributed by atoms with E-state index in [1.165, 1.54) is 16.5 Å². The van der Waals surface area contributed by atoms with Crippen molar-refractivity contribution in [3.8, 4) is 0 Å². The highest BCUT2D eigenvalue weighted by Crippen LogP contribution is 2.15. The molecule has 2 rings (SSSR count). The van der Waals surface area contributed by atoms with Crippen molar-refractivity contribution in [2.75, 3.05) is 34.2 Å². The summed E-state index contributed by atoms with van der Waals surface area (Å²) in [6.07, 6.45) is 4.26. The number of nitrogens with zero attached hydrogens (tertiary/aromatic N) is 2. The first-order chi connectivity index (χ1) is 8.16. The number of aromatic amines is 1. The molecule has 1 aromatic heterocycles. The third-order valence-electron chi connectivity index (χ3n) is 2.88. The first-order valence-corrected chi connectivity index (χ1v) is 5.93. The van der Waals surface area contributed by atoms with E-state index in [0.717, 1.165) is 13.1 Å². The summed E-state index contributed by atoms with van der Waals surface area (Å²) in [5.74, 6) is 0. The Labute approximate surface area is 102 Å². The van der Waals surface area contributed by atoms with E-state index in [-0.39, 0.29) is 0 Å². The zero-order valence-electron chi connectivity index (χ0n) is 10.8. The summed E-state index contributed by atoms with van der Waals surface area (Å²) in [5, 5.41) is 1.28. The van der Waals surface area contributed by atoms with E-state index in [4.69, 9.17) is 0 Å². The van der Waals surface area contributed by atoms with Crippen LogP contribution in [0.25, 0.3) is 10.9 Å². The van der Waals surface area contributed by atoms with Gasteiger partial charge >= 0.3 is 0 Å². The molecule has 0 atom stereocenters. The molecule has 0 amide bonds. The Morgan fingerprint density at radius 1 is 1.29 bits per heavy atom. The van der Waals surface area contributed by atoms with E-state index in [1.807, 2.05) is 0 Å². The van der Waals surface area contributed by atoms with Crippen molar-refractivity contribution in [3.63, 3.8) is 0 Å².